The van der Waals surface area contributed by atoms with E-state index in [4.69, 9.17) is 5.73 Å². The van der Waals surface area contributed by atoms with Gasteiger partial charge in [-0.15, -0.1) is 0 Å². The zero-order valence-electron chi connectivity index (χ0n) is 12.0. The Bertz CT molecular complexity index is 750. The maximum atomic E-state index is 5.98. The van der Waals surface area contributed by atoms with Crippen molar-refractivity contribution in [3.05, 3.63) is 54.1 Å². The predicted octanol–water partition coefficient (Wildman–Crippen LogP) is 3.91. The van der Waals surface area contributed by atoms with Crippen molar-refractivity contribution in [3.63, 3.8) is 0 Å². The number of aromatic nitrogens is 2. The van der Waals surface area contributed by atoms with Crippen LogP contribution >= 0.6 is 0 Å². The molecule has 0 aliphatic rings. The third kappa shape index (κ3) is 2.94. The van der Waals surface area contributed by atoms with Crippen molar-refractivity contribution >= 4 is 28.4 Å². The SMILES string of the molecule is CCCc1ccc(Nc2nc3ccccc3nc2N)cc1. The van der Waals surface area contributed by atoms with Crippen molar-refractivity contribution in [2.24, 2.45) is 0 Å². The molecule has 0 aliphatic heterocycles. The second-order valence-corrected chi connectivity index (χ2v) is 5.02. The second-order valence-electron chi connectivity index (χ2n) is 5.02. The number of nitrogens with two attached hydrogens (primary N) is 1. The van der Waals surface area contributed by atoms with Crippen molar-refractivity contribution in [1.29, 1.82) is 0 Å². The minimum Gasteiger partial charge on any atom is -0.381 e. The fourth-order valence-corrected chi connectivity index (χ4v) is 2.29. The maximum absolute atomic E-state index is 5.98. The molecule has 3 aromatic rings. The molecular formula is C17H18N4. The number of nitrogen functional groups attached to an aromatic ring is 1. The third-order valence-electron chi connectivity index (χ3n) is 3.35. The van der Waals surface area contributed by atoms with Crippen molar-refractivity contribution in [2.45, 2.75) is 19.8 Å². The van der Waals surface area contributed by atoms with Gasteiger partial charge in [0, 0.05) is 5.69 Å². The highest BCUT2D eigenvalue weighted by molar-refractivity contribution is 5.80. The van der Waals surface area contributed by atoms with Crippen molar-refractivity contribution in [3.8, 4) is 0 Å². The minimum absolute atomic E-state index is 0.409. The molecule has 4 nitrogen and oxygen atoms in total. The summed E-state index contributed by atoms with van der Waals surface area (Å²) in [5.74, 6) is 1.00. The molecule has 0 bridgehead atoms. The second kappa shape index (κ2) is 5.79. The molecule has 0 aliphatic carbocycles. The first-order valence-electron chi connectivity index (χ1n) is 7.14. The molecular weight excluding hydrogens is 260 g/mol. The van der Waals surface area contributed by atoms with E-state index in [1.165, 1.54) is 5.56 Å². The Labute approximate surface area is 124 Å². The summed E-state index contributed by atoms with van der Waals surface area (Å²) in [6.07, 6.45) is 2.24. The van der Waals surface area contributed by atoms with Gasteiger partial charge in [0.15, 0.2) is 11.6 Å². The van der Waals surface area contributed by atoms with E-state index in [0.717, 1.165) is 29.6 Å². The molecule has 3 rings (SSSR count). The van der Waals surface area contributed by atoms with Crippen LogP contribution in [0.25, 0.3) is 11.0 Å². The van der Waals surface area contributed by atoms with Crippen LogP contribution in [0.1, 0.15) is 18.9 Å². The summed E-state index contributed by atoms with van der Waals surface area (Å²) in [5.41, 5.74) is 9.91. The van der Waals surface area contributed by atoms with Crippen molar-refractivity contribution in [1.82, 2.24) is 9.97 Å². The summed E-state index contributed by atoms with van der Waals surface area (Å²) in [5, 5.41) is 3.24. The van der Waals surface area contributed by atoms with Gasteiger partial charge in [0.1, 0.15) is 0 Å². The number of benzene rings is 2. The molecule has 3 N–H and O–H groups in total. The van der Waals surface area contributed by atoms with E-state index in [-0.39, 0.29) is 0 Å². The number of hydrogen-bond acceptors (Lipinski definition) is 4. The number of anilines is 3. The average Bonchev–Trinajstić information content (AvgIpc) is 2.50. The van der Waals surface area contributed by atoms with Crippen molar-refractivity contribution < 1.29 is 0 Å². The molecule has 0 amide bonds. The Balaban J connectivity index is 1.88. The van der Waals surface area contributed by atoms with Gasteiger partial charge in [0.25, 0.3) is 0 Å². The average molecular weight is 278 g/mol. The van der Waals surface area contributed by atoms with Crippen LogP contribution < -0.4 is 11.1 Å². The number of nitrogens with zero attached hydrogens (tertiary/aromatic N) is 2. The molecule has 2 aromatic carbocycles. The van der Waals surface area contributed by atoms with Crippen LogP contribution in [0.4, 0.5) is 17.3 Å². The quantitative estimate of drug-likeness (QED) is 0.759. The molecule has 0 saturated heterocycles. The first kappa shape index (κ1) is 13.4. The number of para-hydroxylation sites is 2. The zero-order chi connectivity index (χ0) is 14.7. The highest BCUT2D eigenvalue weighted by atomic mass is 15.1. The fraction of sp³-hybridized carbons (Fsp3) is 0.176. The van der Waals surface area contributed by atoms with Crippen LogP contribution in [0, 0.1) is 0 Å². The normalized spacial score (nSPS) is 10.7. The van der Waals surface area contributed by atoms with Crippen LogP contribution in [-0.2, 0) is 6.42 Å². The fourth-order valence-electron chi connectivity index (χ4n) is 2.29. The summed E-state index contributed by atoms with van der Waals surface area (Å²) in [6, 6.07) is 16.0. The standard InChI is InChI=1S/C17H18N4/c1-2-5-12-8-10-13(11-9-12)19-17-16(18)20-14-6-3-4-7-15(14)21-17/h3-4,6-11H,2,5H2,1H3,(H2,18,20)(H,19,21). The van der Waals surface area contributed by atoms with E-state index in [1.54, 1.807) is 0 Å². The largest absolute Gasteiger partial charge is 0.381 e. The van der Waals surface area contributed by atoms with Crippen LogP contribution in [0.15, 0.2) is 48.5 Å². The smallest absolute Gasteiger partial charge is 0.174 e. The van der Waals surface area contributed by atoms with E-state index in [2.05, 4.69) is 34.3 Å². The van der Waals surface area contributed by atoms with Gasteiger partial charge in [-0.05, 0) is 36.2 Å². The van der Waals surface area contributed by atoms with Gasteiger partial charge in [-0.25, -0.2) is 9.97 Å². The molecule has 0 saturated carbocycles. The van der Waals surface area contributed by atoms with Gasteiger partial charge in [-0.2, -0.15) is 0 Å². The maximum Gasteiger partial charge on any atom is 0.174 e. The van der Waals surface area contributed by atoms with Gasteiger partial charge >= 0.3 is 0 Å². The molecule has 0 radical (unpaired) electrons. The summed E-state index contributed by atoms with van der Waals surface area (Å²) in [7, 11) is 0. The summed E-state index contributed by atoms with van der Waals surface area (Å²) in [4.78, 5) is 8.90. The van der Waals surface area contributed by atoms with Gasteiger partial charge in [-0.3, -0.25) is 0 Å². The van der Waals surface area contributed by atoms with Crippen LogP contribution in [0.2, 0.25) is 0 Å². The third-order valence-corrected chi connectivity index (χ3v) is 3.35. The number of nitrogens with one attached hydrogen (secondary N) is 1. The van der Waals surface area contributed by atoms with E-state index < -0.39 is 0 Å². The predicted molar refractivity (Wildman–Crippen MR) is 87.7 cm³/mol. The summed E-state index contributed by atoms with van der Waals surface area (Å²) < 4.78 is 0. The highest BCUT2D eigenvalue weighted by Crippen LogP contribution is 2.22. The number of hydrogen-bond donors (Lipinski definition) is 2. The molecule has 0 spiro atoms. The van der Waals surface area contributed by atoms with E-state index >= 15 is 0 Å². The van der Waals surface area contributed by atoms with Gasteiger partial charge in [0.05, 0.1) is 11.0 Å². The molecule has 21 heavy (non-hydrogen) atoms. The number of rotatable bonds is 4. The molecule has 0 unspecified atom stereocenters. The van der Waals surface area contributed by atoms with Gasteiger partial charge in [-0.1, -0.05) is 37.6 Å². The zero-order valence-corrected chi connectivity index (χ0v) is 12.0. The van der Waals surface area contributed by atoms with E-state index in [9.17, 15) is 0 Å². The Morgan fingerprint density at radius 1 is 0.952 bits per heavy atom. The number of aryl methyl sites for hydroxylation is 1. The van der Waals surface area contributed by atoms with Crippen molar-refractivity contribution in [2.75, 3.05) is 11.1 Å². The lowest BCUT2D eigenvalue weighted by Gasteiger charge is -2.09. The first-order valence-corrected chi connectivity index (χ1v) is 7.14. The summed E-state index contributed by atoms with van der Waals surface area (Å²) >= 11 is 0. The van der Waals surface area contributed by atoms with E-state index in [1.807, 2.05) is 36.4 Å². The van der Waals surface area contributed by atoms with Gasteiger partial charge in [0.2, 0.25) is 0 Å². The lowest BCUT2D eigenvalue weighted by molar-refractivity contribution is 0.922. The number of fused-ring (bicyclic) bond motifs is 1. The van der Waals surface area contributed by atoms with Gasteiger partial charge < -0.3 is 11.1 Å². The molecule has 1 heterocycles. The minimum atomic E-state index is 0.409. The van der Waals surface area contributed by atoms with Crippen LogP contribution in [-0.4, -0.2) is 9.97 Å². The monoisotopic (exact) mass is 278 g/mol. The molecule has 0 atom stereocenters. The molecule has 1 aromatic heterocycles. The first-order chi connectivity index (χ1) is 10.3. The highest BCUT2D eigenvalue weighted by Gasteiger charge is 2.06. The Morgan fingerprint density at radius 2 is 1.62 bits per heavy atom. The lowest BCUT2D eigenvalue weighted by atomic mass is 10.1. The van der Waals surface area contributed by atoms with Crippen LogP contribution in [0.3, 0.4) is 0 Å². The Kier molecular flexibility index (Phi) is 3.69. The Hall–Kier alpha value is -2.62. The van der Waals surface area contributed by atoms with Crippen LogP contribution in [0.5, 0.6) is 0 Å². The van der Waals surface area contributed by atoms with E-state index in [0.29, 0.717) is 11.6 Å². The lowest BCUT2D eigenvalue weighted by Crippen LogP contribution is -2.02. The summed E-state index contributed by atoms with van der Waals surface area (Å²) in [6.45, 7) is 2.18. The molecule has 106 valence electrons. The topological polar surface area (TPSA) is 63.8 Å². The Morgan fingerprint density at radius 3 is 2.29 bits per heavy atom. The molecule has 0 fully saturated rings. The molecule has 4 heteroatoms.